The molecule has 106 valence electrons. The Bertz CT molecular complexity index is 370. The highest BCUT2D eigenvalue weighted by atomic mass is 16.5. The van der Waals surface area contributed by atoms with Gasteiger partial charge in [-0.2, -0.15) is 0 Å². The Morgan fingerprint density at radius 3 is 2.37 bits per heavy atom. The minimum atomic E-state index is -0.907. The van der Waals surface area contributed by atoms with Crippen LogP contribution >= 0.6 is 0 Å². The van der Waals surface area contributed by atoms with E-state index in [0.29, 0.717) is 5.56 Å². The summed E-state index contributed by atoms with van der Waals surface area (Å²) in [5, 5.41) is 8.80. The molecule has 0 amide bonds. The Morgan fingerprint density at radius 2 is 1.79 bits per heavy atom. The fraction of sp³-hybridized carbons (Fsp3) is 0.562. The van der Waals surface area contributed by atoms with Crippen molar-refractivity contribution in [1.29, 1.82) is 0 Å². The maximum atomic E-state index is 10.7. The molecule has 0 radical (unpaired) electrons. The van der Waals surface area contributed by atoms with Crippen molar-refractivity contribution in [3.8, 4) is 5.75 Å². The molecule has 1 aromatic rings. The van der Waals surface area contributed by atoms with Gasteiger partial charge in [-0.3, -0.25) is 0 Å². The van der Waals surface area contributed by atoms with Crippen molar-refractivity contribution in [3.05, 3.63) is 29.8 Å². The number of carboxylic acids is 1. The molecule has 1 atom stereocenters. The second-order valence-corrected chi connectivity index (χ2v) is 4.96. The van der Waals surface area contributed by atoms with E-state index in [9.17, 15) is 4.79 Å². The summed E-state index contributed by atoms with van der Waals surface area (Å²) in [6, 6.07) is 6.59. The minimum Gasteiger partial charge on any atom is -0.491 e. The second-order valence-electron chi connectivity index (χ2n) is 4.96. The predicted octanol–water partition coefficient (Wildman–Crippen LogP) is 4.51. The average Bonchev–Trinajstić information content (AvgIpc) is 2.39. The van der Waals surface area contributed by atoms with Crippen LogP contribution in [0.2, 0.25) is 0 Å². The first-order valence-electron chi connectivity index (χ1n) is 7.13. The summed E-state index contributed by atoms with van der Waals surface area (Å²) >= 11 is 0. The van der Waals surface area contributed by atoms with Gasteiger partial charge in [0.25, 0.3) is 0 Å². The standard InChI is InChI=1S/C16H24O3/c1-3-4-5-6-7-8-13(2)19-15-11-9-14(10-12-15)16(17)18/h9-13H,3-8H2,1-2H3,(H,17,18)/t13-/m0/s1. The normalized spacial score (nSPS) is 12.1. The molecule has 0 unspecified atom stereocenters. The summed E-state index contributed by atoms with van der Waals surface area (Å²) in [5.41, 5.74) is 0.291. The number of unbranched alkanes of at least 4 members (excludes halogenated alkanes) is 4. The molecule has 0 spiro atoms. The van der Waals surface area contributed by atoms with Crippen molar-refractivity contribution in [3.63, 3.8) is 0 Å². The van der Waals surface area contributed by atoms with Crippen LogP contribution in [0.5, 0.6) is 5.75 Å². The third kappa shape index (κ3) is 6.27. The molecule has 0 bridgehead atoms. The molecule has 3 heteroatoms. The number of aromatic carboxylic acids is 1. The zero-order valence-electron chi connectivity index (χ0n) is 11.9. The molecule has 1 N–H and O–H groups in total. The first kappa shape index (κ1) is 15.5. The largest absolute Gasteiger partial charge is 0.491 e. The smallest absolute Gasteiger partial charge is 0.335 e. The Morgan fingerprint density at radius 1 is 1.16 bits per heavy atom. The van der Waals surface area contributed by atoms with Crippen LogP contribution in [0.3, 0.4) is 0 Å². The highest BCUT2D eigenvalue weighted by Crippen LogP contribution is 2.16. The van der Waals surface area contributed by atoms with Gasteiger partial charge in [0.05, 0.1) is 11.7 Å². The molecule has 0 saturated carbocycles. The van der Waals surface area contributed by atoms with Crippen LogP contribution in [0.4, 0.5) is 0 Å². The maximum Gasteiger partial charge on any atom is 0.335 e. The number of ether oxygens (including phenoxy) is 1. The van der Waals surface area contributed by atoms with Crippen molar-refractivity contribution in [2.45, 2.75) is 58.5 Å². The zero-order valence-corrected chi connectivity index (χ0v) is 11.9. The summed E-state index contributed by atoms with van der Waals surface area (Å²) in [7, 11) is 0. The fourth-order valence-corrected chi connectivity index (χ4v) is 2.00. The maximum absolute atomic E-state index is 10.7. The van der Waals surface area contributed by atoms with E-state index in [1.54, 1.807) is 24.3 Å². The summed E-state index contributed by atoms with van der Waals surface area (Å²) < 4.78 is 5.76. The van der Waals surface area contributed by atoms with Crippen molar-refractivity contribution < 1.29 is 14.6 Å². The molecule has 3 nitrogen and oxygen atoms in total. The van der Waals surface area contributed by atoms with Crippen molar-refractivity contribution in [2.24, 2.45) is 0 Å². The number of benzene rings is 1. The Kier molecular flexibility index (Phi) is 7.01. The third-order valence-electron chi connectivity index (χ3n) is 3.15. The third-order valence-corrected chi connectivity index (χ3v) is 3.15. The summed E-state index contributed by atoms with van der Waals surface area (Å²) in [4.78, 5) is 10.7. The molecule has 0 aliphatic carbocycles. The van der Waals surface area contributed by atoms with Gasteiger partial charge < -0.3 is 9.84 Å². The van der Waals surface area contributed by atoms with E-state index in [1.165, 1.54) is 32.1 Å². The number of rotatable bonds is 9. The van der Waals surface area contributed by atoms with Gasteiger partial charge >= 0.3 is 5.97 Å². The number of carboxylic acid groups (broad SMARTS) is 1. The number of hydrogen-bond donors (Lipinski definition) is 1. The van der Waals surface area contributed by atoms with Gasteiger partial charge in [0.15, 0.2) is 0 Å². The average molecular weight is 264 g/mol. The lowest BCUT2D eigenvalue weighted by molar-refractivity contribution is 0.0697. The van der Waals surface area contributed by atoms with Crippen LogP contribution < -0.4 is 4.74 Å². The molecule has 0 aliphatic heterocycles. The topological polar surface area (TPSA) is 46.5 Å². The van der Waals surface area contributed by atoms with E-state index in [2.05, 4.69) is 13.8 Å². The molecule has 0 aliphatic rings. The van der Waals surface area contributed by atoms with Gasteiger partial charge in [-0.25, -0.2) is 4.79 Å². The van der Waals surface area contributed by atoms with Gasteiger partial charge in [0.2, 0.25) is 0 Å². The van der Waals surface area contributed by atoms with Crippen LogP contribution in [0, 0.1) is 0 Å². The van der Waals surface area contributed by atoms with E-state index in [1.807, 2.05) is 0 Å². The number of carbonyl (C=O) groups is 1. The first-order valence-corrected chi connectivity index (χ1v) is 7.13. The predicted molar refractivity (Wildman–Crippen MR) is 76.9 cm³/mol. The van der Waals surface area contributed by atoms with Gasteiger partial charge in [-0.1, -0.05) is 32.6 Å². The molecule has 0 heterocycles. The summed E-state index contributed by atoms with van der Waals surface area (Å²) in [5.74, 6) is -0.165. The molecule has 1 rings (SSSR count). The summed E-state index contributed by atoms with van der Waals surface area (Å²) in [6.45, 7) is 4.28. The monoisotopic (exact) mass is 264 g/mol. The van der Waals surface area contributed by atoms with E-state index in [4.69, 9.17) is 9.84 Å². The lowest BCUT2D eigenvalue weighted by Crippen LogP contribution is -2.11. The van der Waals surface area contributed by atoms with Gasteiger partial charge in [-0.05, 0) is 44.0 Å². The van der Waals surface area contributed by atoms with Crippen molar-refractivity contribution >= 4 is 5.97 Å². The quantitative estimate of drug-likeness (QED) is 0.667. The van der Waals surface area contributed by atoms with Crippen LogP contribution in [0.25, 0.3) is 0 Å². The number of hydrogen-bond acceptors (Lipinski definition) is 2. The van der Waals surface area contributed by atoms with E-state index in [0.717, 1.165) is 12.2 Å². The fourth-order valence-electron chi connectivity index (χ4n) is 2.00. The van der Waals surface area contributed by atoms with E-state index < -0.39 is 5.97 Å². The van der Waals surface area contributed by atoms with Crippen LogP contribution in [-0.2, 0) is 0 Å². The Labute approximate surface area is 115 Å². The molecule has 0 fully saturated rings. The summed E-state index contributed by atoms with van der Waals surface area (Å²) in [6.07, 6.45) is 7.56. The first-order chi connectivity index (χ1) is 9.13. The van der Waals surface area contributed by atoms with Crippen LogP contribution in [0.15, 0.2) is 24.3 Å². The SMILES string of the molecule is CCCCCCC[C@H](C)Oc1ccc(C(=O)O)cc1. The Hall–Kier alpha value is -1.51. The molecule has 0 aromatic heterocycles. The van der Waals surface area contributed by atoms with E-state index >= 15 is 0 Å². The molecular weight excluding hydrogens is 240 g/mol. The highest BCUT2D eigenvalue weighted by molar-refractivity contribution is 5.87. The Balaban J connectivity index is 2.27. The molecule has 1 aromatic carbocycles. The lowest BCUT2D eigenvalue weighted by Gasteiger charge is -2.14. The molecule has 0 saturated heterocycles. The molecule has 19 heavy (non-hydrogen) atoms. The minimum absolute atomic E-state index is 0.178. The lowest BCUT2D eigenvalue weighted by atomic mass is 10.1. The van der Waals surface area contributed by atoms with Gasteiger partial charge in [0.1, 0.15) is 5.75 Å². The van der Waals surface area contributed by atoms with Crippen molar-refractivity contribution in [2.75, 3.05) is 0 Å². The van der Waals surface area contributed by atoms with Crippen LogP contribution in [0.1, 0.15) is 62.7 Å². The molecular formula is C16H24O3. The zero-order chi connectivity index (χ0) is 14.1. The highest BCUT2D eigenvalue weighted by Gasteiger charge is 2.06. The van der Waals surface area contributed by atoms with Gasteiger partial charge in [-0.15, -0.1) is 0 Å². The van der Waals surface area contributed by atoms with Crippen LogP contribution in [-0.4, -0.2) is 17.2 Å². The van der Waals surface area contributed by atoms with Crippen molar-refractivity contribution in [1.82, 2.24) is 0 Å². The van der Waals surface area contributed by atoms with Gasteiger partial charge in [0, 0.05) is 0 Å². The second kappa shape index (κ2) is 8.57. The van der Waals surface area contributed by atoms with E-state index in [-0.39, 0.29) is 6.10 Å².